The lowest BCUT2D eigenvalue weighted by Crippen LogP contribution is -2.08. The number of hydrogen-bond acceptors (Lipinski definition) is 10. The van der Waals surface area contributed by atoms with Gasteiger partial charge in [-0.3, -0.25) is 24.2 Å². The molecule has 0 aliphatic carbocycles. The summed E-state index contributed by atoms with van der Waals surface area (Å²) < 4.78 is 50.8. The normalized spacial score (nSPS) is 10.2. The maximum atomic E-state index is 13.3. The second-order valence-electron chi connectivity index (χ2n) is 11.2. The molecule has 0 unspecified atom stereocenters. The highest BCUT2D eigenvalue weighted by Crippen LogP contribution is 2.23. The van der Waals surface area contributed by atoms with Crippen molar-refractivity contribution < 1.29 is 45.6 Å². The minimum atomic E-state index is -3.69. The van der Waals surface area contributed by atoms with Gasteiger partial charge in [0.25, 0.3) is 0 Å². The van der Waals surface area contributed by atoms with Crippen LogP contribution in [0.25, 0.3) is 0 Å². The lowest BCUT2D eigenvalue weighted by atomic mass is 10.1. The molecule has 5 rings (SSSR count). The third kappa shape index (κ3) is 18.7. The van der Waals surface area contributed by atoms with Gasteiger partial charge in [-0.05, 0) is 76.1 Å². The molecule has 308 valence electrons. The van der Waals surface area contributed by atoms with Gasteiger partial charge in [0.05, 0.1) is 45.3 Å². The van der Waals surface area contributed by atoms with E-state index in [-0.39, 0.29) is 39.3 Å². The maximum Gasteiger partial charge on any atom is 0.306 e. The van der Waals surface area contributed by atoms with Crippen LogP contribution in [0.2, 0.25) is 5.02 Å². The summed E-state index contributed by atoms with van der Waals surface area (Å²) in [5.41, 5.74) is 2.66. The molecular formula is C40H34Br5ClFNO9S. The van der Waals surface area contributed by atoms with E-state index in [1.165, 1.54) is 12.1 Å². The van der Waals surface area contributed by atoms with Gasteiger partial charge in [0.2, 0.25) is 0 Å². The molecule has 0 atom stereocenters. The lowest BCUT2D eigenvalue weighted by molar-refractivity contribution is 0.101. The molecule has 58 heavy (non-hydrogen) atoms. The Balaban J connectivity index is 0.000000271. The van der Waals surface area contributed by atoms with Crippen LogP contribution in [0.4, 0.5) is 4.39 Å². The summed E-state index contributed by atoms with van der Waals surface area (Å²) in [7, 11) is -2.14. The van der Waals surface area contributed by atoms with Crippen LogP contribution in [0.15, 0.2) is 114 Å². The van der Waals surface area contributed by atoms with E-state index in [9.17, 15) is 32.0 Å². The van der Waals surface area contributed by atoms with Crippen LogP contribution in [0, 0.1) is 5.82 Å². The SMILES string of the molecule is COc1ccc(C(=O)CBr)c(Cl)c1.CS(=O)(=O)Oc1ccc(C(=O)CBr)c(F)c1.O=C(CBr)c1ccc(Br)cn1.O=C(CBr)c1cccc(OCc2ccccc2)c1. The zero-order valence-corrected chi connectivity index (χ0v) is 40.1. The molecule has 0 spiro atoms. The number of rotatable bonds is 14. The van der Waals surface area contributed by atoms with E-state index in [2.05, 4.69) is 88.8 Å². The van der Waals surface area contributed by atoms with Gasteiger partial charge >= 0.3 is 10.1 Å². The molecule has 18 heteroatoms. The molecule has 4 aromatic carbocycles. The molecule has 0 saturated carbocycles. The Morgan fingerprint density at radius 1 is 0.690 bits per heavy atom. The Hall–Kier alpha value is -3.32. The Morgan fingerprint density at radius 2 is 1.29 bits per heavy atom. The fraction of sp³-hybridized carbons (Fsp3) is 0.175. The number of Topliss-reactive ketones (excluding diaryl/α,β-unsaturated/α-hetero) is 4. The summed E-state index contributed by atoms with van der Waals surface area (Å²) in [4.78, 5) is 48.9. The Kier molecular flexibility index (Phi) is 23.4. The van der Waals surface area contributed by atoms with Crippen molar-refractivity contribution in [2.75, 3.05) is 34.7 Å². The smallest absolute Gasteiger partial charge is 0.306 e. The first kappa shape index (κ1) is 50.8. The topological polar surface area (TPSA) is 143 Å². The van der Waals surface area contributed by atoms with Gasteiger partial charge < -0.3 is 13.7 Å². The third-order valence-electron chi connectivity index (χ3n) is 6.87. The second-order valence-corrected chi connectivity index (χ2v) is 16.3. The van der Waals surface area contributed by atoms with Gasteiger partial charge in [-0.15, -0.1) is 0 Å². The number of methoxy groups -OCH3 is 1. The zero-order chi connectivity index (χ0) is 43.3. The summed E-state index contributed by atoms with van der Waals surface area (Å²) >= 11 is 21.3. The van der Waals surface area contributed by atoms with Crippen molar-refractivity contribution >= 4 is 125 Å². The van der Waals surface area contributed by atoms with Crippen LogP contribution in [0.5, 0.6) is 17.2 Å². The van der Waals surface area contributed by atoms with Crippen molar-refractivity contribution in [2.45, 2.75) is 6.61 Å². The Bertz CT molecular complexity index is 2250. The fourth-order valence-corrected chi connectivity index (χ4v) is 6.31. The van der Waals surface area contributed by atoms with Gasteiger partial charge in [0.15, 0.2) is 23.1 Å². The summed E-state index contributed by atoms with van der Waals surface area (Å²) in [6.45, 7) is 0.507. The standard InChI is InChI=1S/C15H13BrO2.C9H8BrClO2.C9H8BrFO4S.C7H5Br2NO/c16-10-15(17)13-7-4-8-14(9-13)18-11-12-5-2-1-3-6-12;1-13-6-2-3-7(8(11)4-6)9(12)5-10;1-16(13,14)15-6-2-3-7(8(11)4-6)9(12)5-10;8-3-7(11)6-2-1-5(9)4-10-6/h1-9H,10-11H2;2-4H,5H2,1H3;2-4H,5H2,1H3;1-2,4H,3H2. The highest BCUT2D eigenvalue weighted by molar-refractivity contribution is 9.10. The van der Waals surface area contributed by atoms with E-state index in [1.54, 1.807) is 55.8 Å². The Labute approximate surface area is 383 Å². The number of carbonyl (C=O) groups excluding carboxylic acids is 4. The number of ether oxygens (including phenoxy) is 2. The largest absolute Gasteiger partial charge is 0.497 e. The van der Waals surface area contributed by atoms with Crippen molar-refractivity contribution in [1.29, 1.82) is 0 Å². The molecule has 0 saturated heterocycles. The van der Waals surface area contributed by atoms with Crippen LogP contribution in [-0.2, 0) is 16.7 Å². The van der Waals surface area contributed by atoms with Crippen LogP contribution in [-0.4, -0.2) is 71.2 Å². The number of aromatic nitrogens is 1. The minimum absolute atomic E-state index is 0.00231. The third-order valence-corrected chi connectivity index (χ3v) is 10.2. The number of nitrogens with zero attached hydrogens (tertiary/aromatic N) is 1. The molecule has 0 radical (unpaired) electrons. The van der Waals surface area contributed by atoms with Gasteiger partial charge in [0, 0.05) is 27.9 Å². The highest BCUT2D eigenvalue weighted by atomic mass is 79.9. The van der Waals surface area contributed by atoms with Gasteiger partial charge in [0.1, 0.15) is 35.4 Å². The highest BCUT2D eigenvalue weighted by Gasteiger charge is 2.13. The van der Waals surface area contributed by atoms with Crippen molar-refractivity contribution in [3.63, 3.8) is 0 Å². The molecule has 0 aliphatic rings. The van der Waals surface area contributed by atoms with Crippen molar-refractivity contribution in [3.05, 3.63) is 153 Å². The van der Waals surface area contributed by atoms with Crippen LogP contribution < -0.4 is 13.7 Å². The average Bonchev–Trinajstić information content (AvgIpc) is 3.22. The van der Waals surface area contributed by atoms with E-state index >= 15 is 0 Å². The van der Waals surface area contributed by atoms with Gasteiger partial charge in [-0.25, -0.2) is 4.39 Å². The number of benzene rings is 4. The summed E-state index contributed by atoms with van der Waals surface area (Å²) in [6.07, 6.45) is 2.46. The van der Waals surface area contributed by atoms with E-state index in [1.807, 2.05) is 42.5 Å². The zero-order valence-electron chi connectivity index (χ0n) is 30.6. The summed E-state index contributed by atoms with van der Waals surface area (Å²) in [5.74, 6) is -0.0211. The average molecular weight is 1160 g/mol. The molecule has 5 aromatic rings. The summed E-state index contributed by atoms with van der Waals surface area (Å²) in [6, 6.07) is 28.9. The lowest BCUT2D eigenvalue weighted by Gasteiger charge is -2.07. The monoisotopic (exact) mass is 1150 g/mol. The molecule has 1 heterocycles. The fourth-order valence-electron chi connectivity index (χ4n) is 4.13. The van der Waals surface area contributed by atoms with Crippen molar-refractivity contribution in [3.8, 4) is 17.2 Å². The maximum absolute atomic E-state index is 13.3. The number of hydrogen-bond donors (Lipinski definition) is 0. The molecule has 0 fully saturated rings. The summed E-state index contributed by atoms with van der Waals surface area (Å²) in [5, 5.41) is 1.34. The van der Waals surface area contributed by atoms with Crippen LogP contribution in [0.3, 0.4) is 0 Å². The van der Waals surface area contributed by atoms with E-state index in [0.29, 0.717) is 50.6 Å². The quantitative estimate of drug-likeness (QED) is 0.0599. The number of carbonyl (C=O) groups is 4. The predicted octanol–water partition coefficient (Wildman–Crippen LogP) is 10.9. The number of ketones is 4. The molecule has 0 aliphatic heterocycles. The first-order chi connectivity index (χ1) is 27.5. The molecular weight excluding hydrogens is 1120 g/mol. The molecule has 1 aromatic heterocycles. The van der Waals surface area contributed by atoms with Gasteiger partial charge in [-0.1, -0.05) is 118 Å². The van der Waals surface area contributed by atoms with Gasteiger partial charge in [-0.2, -0.15) is 8.42 Å². The van der Waals surface area contributed by atoms with E-state index < -0.39 is 21.7 Å². The first-order valence-corrected chi connectivity index (χ1v) is 23.8. The number of alkyl halides is 4. The number of halogens is 7. The second kappa shape index (κ2) is 26.7. The van der Waals surface area contributed by atoms with Crippen LogP contribution in [0.1, 0.15) is 47.1 Å². The number of pyridine rings is 1. The molecule has 10 nitrogen and oxygen atoms in total. The molecule has 0 N–H and O–H groups in total. The van der Waals surface area contributed by atoms with Crippen LogP contribution >= 0.6 is 91.3 Å². The van der Waals surface area contributed by atoms with Crippen molar-refractivity contribution in [1.82, 2.24) is 4.98 Å². The first-order valence-electron chi connectivity index (χ1n) is 16.3. The molecule has 0 amide bonds. The predicted molar refractivity (Wildman–Crippen MR) is 242 cm³/mol. The molecule has 0 bridgehead atoms. The minimum Gasteiger partial charge on any atom is -0.497 e. The van der Waals surface area contributed by atoms with E-state index in [0.717, 1.165) is 22.4 Å². The Morgan fingerprint density at radius 3 is 1.83 bits per heavy atom. The van der Waals surface area contributed by atoms with E-state index in [4.69, 9.17) is 21.1 Å². The van der Waals surface area contributed by atoms with Crippen molar-refractivity contribution in [2.24, 2.45) is 0 Å².